The summed E-state index contributed by atoms with van der Waals surface area (Å²) in [4.78, 5) is 8.67. The standard InChI is InChI=1S/C16H15BrN6/c1-11-8-12(17)5-6-14(11)21-16-22-15(10-20-23-16)19-9-13-4-2-3-7-18-13/h2-8,10H,9H2,1H3,(H2,19,21,22,23). The molecule has 0 saturated carbocycles. The maximum absolute atomic E-state index is 4.41. The molecule has 0 fully saturated rings. The Bertz CT molecular complexity index is 794. The summed E-state index contributed by atoms with van der Waals surface area (Å²) in [7, 11) is 0. The van der Waals surface area contributed by atoms with Crippen LogP contribution in [0.1, 0.15) is 11.3 Å². The van der Waals surface area contributed by atoms with Gasteiger partial charge in [0.2, 0.25) is 5.95 Å². The molecule has 2 heterocycles. The molecule has 2 aromatic heterocycles. The van der Waals surface area contributed by atoms with Gasteiger partial charge < -0.3 is 10.6 Å². The summed E-state index contributed by atoms with van der Waals surface area (Å²) in [6.45, 7) is 2.60. The molecule has 0 spiro atoms. The van der Waals surface area contributed by atoms with Gasteiger partial charge in [0, 0.05) is 16.4 Å². The maximum atomic E-state index is 4.41. The van der Waals surface area contributed by atoms with E-state index in [0.29, 0.717) is 18.3 Å². The average molecular weight is 371 g/mol. The summed E-state index contributed by atoms with van der Waals surface area (Å²) in [5.41, 5.74) is 2.97. The van der Waals surface area contributed by atoms with Gasteiger partial charge in [-0.1, -0.05) is 22.0 Å². The molecule has 6 nitrogen and oxygen atoms in total. The zero-order chi connectivity index (χ0) is 16.1. The number of hydrogen-bond acceptors (Lipinski definition) is 6. The van der Waals surface area contributed by atoms with Gasteiger partial charge in [-0.2, -0.15) is 10.1 Å². The van der Waals surface area contributed by atoms with Crippen LogP contribution >= 0.6 is 15.9 Å². The van der Waals surface area contributed by atoms with E-state index < -0.39 is 0 Å². The Morgan fingerprint density at radius 1 is 1.17 bits per heavy atom. The highest BCUT2D eigenvalue weighted by atomic mass is 79.9. The smallest absolute Gasteiger partial charge is 0.249 e. The third-order valence-electron chi connectivity index (χ3n) is 3.17. The van der Waals surface area contributed by atoms with Crippen LogP contribution in [0.5, 0.6) is 0 Å². The van der Waals surface area contributed by atoms with Crippen molar-refractivity contribution in [1.82, 2.24) is 20.2 Å². The molecule has 0 aliphatic carbocycles. The fourth-order valence-electron chi connectivity index (χ4n) is 2.01. The Balaban J connectivity index is 1.69. The first-order valence-electron chi connectivity index (χ1n) is 7.07. The van der Waals surface area contributed by atoms with Crippen molar-refractivity contribution < 1.29 is 0 Å². The van der Waals surface area contributed by atoms with E-state index in [1.807, 2.05) is 43.3 Å². The molecule has 0 aliphatic rings. The average Bonchev–Trinajstić information content (AvgIpc) is 2.57. The predicted molar refractivity (Wildman–Crippen MR) is 93.6 cm³/mol. The van der Waals surface area contributed by atoms with Crippen LogP contribution in [0.15, 0.2) is 53.3 Å². The highest BCUT2D eigenvalue weighted by Crippen LogP contribution is 2.22. The van der Waals surface area contributed by atoms with Crippen molar-refractivity contribution in [1.29, 1.82) is 0 Å². The quantitative estimate of drug-likeness (QED) is 0.713. The van der Waals surface area contributed by atoms with E-state index in [1.54, 1.807) is 12.4 Å². The number of rotatable bonds is 5. The number of pyridine rings is 1. The molecule has 0 saturated heterocycles. The van der Waals surface area contributed by atoms with Gasteiger partial charge in [0.05, 0.1) is 18.4 Å². The zero-order valence-electron chi connectivity index (χ0n) is 12.5. The van der Waals surface area contributed by atoms with Gasteiger partial charge in [0.15, 0.2) is 5.82 Å². The Labute approximate surface area is 142 Å². The Kier molecular flexibility index (Phi) is 4.77. The van der Waals surface area contributed by atoms with Crippen molar-refractivity contribution in [3.8, 4) is 0 Å². The lowest BCUT2D eigenvalue weighted by Gasteiger charge is -2.09. The van der Waals surface area contributed by atoms with Gasteiger partial charge in [-0.25, -0.2) is 0 Å². The molecule has 1 aromatic carbocycles. The number of aryl methyl sites for hydroxylation is 1. The minimum Gasteiger partial charge on any atom is -0.363 e. The fraction of sp³-hybridized carbons (Fsp3) is 0.125. The molecule has 2 N–H and O–H groups in total. The van der Waals surface area contributed by atoms with Gasteiger partial charge in [-0.3, -0.25) is 4.98 Å². The van der Waals surface area contributed by atoms with Gasteiger partial charge in [-0.15, -0.1) is 5.10 Å². The van der Waals surface area contributed by atoms with Crippen molar-refractivity contribution in [3.05, 3.63) is 64.5 Å². The number of anilines is 3. The zero-order valence-corrected chi connectivity index (χ0v) is 14.1. The van der Waals surface area contributed by atoms with Crippen LogP contribution in [0.4, 0.5) is 17.5 Å². The van der Waals surface area contributed by atoms with Gasteiger partial charge in [0.1, 0.15) is 0 Å². The summed E-state index contributed by atoms with van der Waals surface area (Å²) in [5.74, 6) is 1.09. The van der Waals surface area contributed by atoms with E-state index in [9.17, 15) is 0 Å². The fourth-order valence-corrected chi connectivity index (χ4v) is 2.49. The highest BCUT2D eigenvalue weighted by molar-refractivity contribution is 9.10. The van der Waals surface area contributed by atoms with Crippen LogP contribution in [0.25, 0.3) is 0 Å². The third kappa shape index (κ3) is 4.23. The maximum Gasteiger partial charge on any atom is 0.249 e. The highest BCUT2D eigenvalue weighted by Gasteiger charge is 2.04. The molecule has 3 rings (SSSR count). The first-order chi connectivity index (χ1) is 11.2. The van der Waals surface area contributed by atoms with Crippen LogP contribution in [-0.4, -0.2) is 20.2 Å². The van der Waals surface area contributed by atoms with Crippen molar-refractivity contribution in [2.24, 2.45) is 0 Å². The number of hydrogen-bond donors (Lipinski definition) is 2. The number of benzene rings is 1. The third-order valence-corrected chi connectivity index (χ3v) is 3.66. The van der Waals surface area contributed by atoms with Crippen molar-refractivity contribution >= 4 is 33.4 Å². The molecule has 0 atom stereocenters. The minimum atomic E-state index is 0.446. The van der Waals surface area contributed by atoms with E-state index in [-0.39, 0.29) is 0 Å². The second-order valence-corrected chi connectivity index (χ2v) is 5.84. The molecule has 0 unspecified atom stereocenters. The van der Waals surface area contributed by atoms with Crippen molar-refractivity contribution in [2.45, 2.75) is 13.5 Å². The Morgan fingerprint density at radius 2 is 2.09 bits per heavy atom. The topological polar surface area (TPSA) is 75.6 Å². The predicted octanol–water partition coefficient (Wildman–Crippen LogP) is 3.69. The summed E-state index contributed by atoms with van der Waals surface area (Å²) >= 11 is 3.45. The molecule has 0 amide bonds. The van der Waals surface area contributed by atoms with Crippen LogP contribution in [0.3, 0.4) is 0 Å². The molecule has 116 valence electrons. The molecular weight excluding hydrogens is 356 g/mol. The number of aromatic nitrogens is 4. The SMILES string of the molecule is Cc1cc(Br)ccc1Nc1nncc(NCc2ccccn2)n1. The lowest BCUT2D eigenvalue weighted by Crippen LogP contribution is -2.06. The van der Waals surface area contributed by atoms with E-state index in [1.165, 1.54) is 0 Å². The van der Waals surface area contributed by atoms with Crippen LogP contribution < -0.4 is 10.6 Å². The normalized spacial score (nSPS) is 10.3. The van der Waals surface area contributed by atoms with Gasteiger partial charge in [0.25, 0.3) is 0 Å². The molecule has 0 aliphatic heterocycles. The van der Waals surface area contributed by atoms with Crippen molar-refractivity contribution in [3.63, 3.8) is 0 Å². The van der Waals surface area contributed by atoms with Crippen LogP contribution in [0.2, 0.25) is 0 Å². The van der Waals surface area contributed by atoms with Crippen LogP contribution in [-0.2, 0) is 6.54 Å². The molecular formula is C16H15BrN6. The first kappa shape index (κ1) is 15.4. The summed E-state index contributed by atoms with van der Waals surface area (Å²) in [6.07, 6.45) is 3.35. The van der Waals surface area contributed by atoms with Gasteiger partial charge >= 0.3 is 0 Å². The van der Waals surface area contributed by atoms with E-state index in [0.717, 1.165) is 21.4 Å². The Morgan fingerprint density at radius 3 is 2.87 bits per heavy atom. The first-order valence-corrected chi connectivity index (χ1v) is 7.87. The van der Waals surface area contributed by atoms with E-state index in [2.05, 4.69) is 46.7 Å². The van der Waals surface area contributed by atoms with E-state index in [4.69, 9.17) is 0 Å². The summed E-state index contributed by atoms with van der Waals surface area (Å²) in [5, 5.41) is 14.4. The number of nitrogens with one attached hydrogen (secondary N) is 2. The molecule has 0 bridgehead atoms. The van der Waals surface area contributed by atoms with Crippen LogP contribution in [0, 0.1) is 6.92 Å². The number of nitrogens with zero attached hydrogens (tertiary/aromatic N) is 4. The van der Waals surface area contributed by atoms with Crippen molar-refractivity contribution in [2.75, 3.05) is 10.6 Å². The Hall–Kier alpha value is -2.54. The lowest BCUT2D eigenvalue weighted by atomic mass is 10.2. The molecule has 0 radical (unpaired) electrons. The van der Waals surface area contributed by atoms with E-state index >= 15 is 0 Å². The second kappa shape index (κ2) is 7.15. The lowest BCUT2D eigenvalue weighted by molar-refractivity contribution is 0.955. The second-order valence-electron chi connectivity index (χ2n) is 4.92. The number of halogens is 1. The summed E-state index contributed by atoms with van der Waals surface area (Å²) in [6, 6.07) is 11.7. The minimum absolute atomic E-state index is 0.446. The van der Waals surface area contributed by atoms with Gasteiger partial charge in [-0.05, 0) is 42.8 Å². The molecule has 23 heavy (non-hydrogen) atoms. The molecule has 7 heteroatoms. The molecule has 3 aromatic rings. The summed E-state index contributed by atoms with van der Waals surface area (Å²) < 4.78 is 1.03. The largest absolute Gasteiger partial charge is 0.363 e. The monoisotopic (exact) mass is 370 g/mol.